The summed E-state index contributed by atoms with van der Waals surface area (Å²) >= 11 is 0. The number of hydrogen-bond acceptors (Lipinski definition) is 4. The Labute approximate surface area is 144 Å². The molecule has 1 amide bonds. The molecule has 0 bridgehead atoms. The Kier molecular flexibility index (Phi) is 4.56. The van der Waals surface area contributed by atoms with E-state index >= 15 is 0 Å². The Morgan fingerprint density at radius 3 is 2.80 bits per heavy atom. The second-order valence-corrected chi connectivity index (χ2v) is 6.04. The van der Waals surface area contributed by atoms with E-state index in [1.807, 2.05) is 19.2 Å². The monoisotopic (exact) mass is 341 g/mol. The summed E-state index contributed by atoms with van der Waals surface area (Å²) < 4.78 is 1.00. The molecular weight excluding hydrogens is 322 g/mol. The van der Waals surface area contributed by atoms with Crippen LogP contribution in [-0.4, -0.2) is 35.1 Å². The van der Waals surface area contributed by atoms with E-state index in [2.05, 4.69) is 10.2 Å². The summed E-state index contributed by atoms with van der Waals surface area (Å²) in [6.07, 6.45) is 3.35. The van der Waals surface area contributed by atoms with Gasteiger partial charge in [0.05, 0.1) is 11.4 Å². The minimum absolute atomic E-state index is 0.0835. The van der Waals surface area contributed by atoms with Gasteiger partial charge in [0.15, 0.2) is 0 Å². The Hall–Kier alpha value is -3.09. The van der Waals surface area contributed by atoms with Crippen LogP contribution in [0.15, 0.2) is 41.3 Å². The predicted molar refractivity (Wildman–Crippen MR) is 94.3 cm³/mol. The van der Waals surface area contributed by atoms with Gasteiger partial charge in [-0.25, -0.2) is 0 Å². The van der Waals surface area contributed by atoms with Crippen LogP contribution >= 0.6 is 0 Å². The summed E-state index contributed by atoms with van der Waals surface area (Å²) in [5.74, 6) is -1.68. The van der Waals surface area contributed by atoms with E-state index < -0.39 is 24.0 Å². The fourth-order valence-corrected chi connectivity index (χ4v) is 3.13. The highest BCUT2D eigenvalue weighted by molar-refractivity contribution is 6.06. The number of amides is 1. The zero-order valence-corrected chi connectivity index (χ0v) is 13.9. The minimum atomic E-state index is -1.14. The number of nitrogens with zero attached hydrogens (tertiary/aromatic N) is 2. The maximum Gasteiger partial charge on any atom is 0.323 e. The van der Waals surface area contributed by atoms with Crippen LogP contribution in [0.25, 0.3) is 0 Å². The van der Waals surface area contributed by atoms with Crippen LogP contribution in [0.2, 0.25) is 0 Å². The number of carbonyl (C=O) groups excluding carboxylic acids is 1. The number of carboxylic acid groups (broad SMARTS) is 1. The van der Waals surface area contributed by atoms with Crippen LogP contribution in [0.3, 0.4) is 0 Å². The highest BCUT2D eigenvalue weighted by atomic mass is 16.4. The van der Waals surface area contributed by atoms with Gasteiger partial charge in [-0.1, -0.05) is 12.1 Å². The molecule has 2 aromatic rings. The molecule has 130 valence electrons. The molecule has 0 saturated heterocycles. The summed E-state index contributed by atoms with van der Waals surface area (Å²) in [6, 6.07) is 8.60. The zero-order chi connectivity index (χ0) is 18.0. The lowest BCUT2D eigenvalue weighted by Crippen LogP contribution is -2.31. The molecule has 0 fully saturated rings. The molecule has 0 saturated carbocycles. The fraction of sp³-hybridized carbons (Fsp3) is 0.278. The number of pyridine rings is 1. The van der Waals surface area contributed by atoms with Gasteiger partial charge in [0.1, 0.15) is 12.1 Å². The van der Waals surface area contributed by atoms with E-state index in [0.717, 1.165) is 35.2 Å². The van der Waals surface area contributed by atoms with Crippen LogP contribution in [0.5, 0.6) is 0 Å². The number of aliphatic carboxylic acids is 1. The SMILES string of the molecule is CN1CCCc2cccc(NC(=O)c3cccn(CC(=O)O)c3=O)c21. The van der Waals surface area contributed by atoms with E-state index in [9.17, 15) is 14.4 Å². The molecule has 7 heteroatoms. The number of carbonyl (C=O) groups is 2. The third-order valence-corrected chi connectivity index (χ3v) is 4.26. The second-order valence-electron chi connectivity index (χ2n) is 6.04. The number of para-hydroxylation sites is 1. The lowest BCUT2D eigenvalue weighted by atomic mass is 10.0. The molecule has 0 aliphatic carbocycles. The minimum Gasteiger partial charge on any atom is -0.480 e. The Morgan fingerprint density at radius 1 is 1.24 bits per heavy atom. The van der Waals surface area contributed by atoms with Crippen molar-refractivity contribution in [3.63, 3.8) is 0 Å². The second kappa shape index (κ2) is 6.80. The van der Waals surface area contributed by atoms with Gasteiger partial charge < -0.3 is 19.9 Å². The van der Waals surface area contributed by atoms with Gasteiger partial charge in [-0.15, -0.1) is 0 Å². The largest absolute Gasteiger partial charge is 0.480 e. The van der Waals surface area contributed by atoms with E-state index in [-0.39, 0.29) is 5.56 Å². The molecule has 0 radical (unpaired) electrons. The van der Waals surface area contributed by atoms with Gasteiger partial charge in [0.2, 0.25) is 0 Å². The van der Waals surface area contributed by atoms with E-state index in [1.54, 1.807) is 6.07 Å². The van der Waals surface area contributed by atoms with Crippen LogP contribution in [0.4, 0.5) is 11.4 Å². The smallest absolute Gasteiger partial charge is 0.323 e. The fourth-order valence-electron chi connectivity index (χ4n) is 3.13. The van der Waals surface area contributed by atoms with Crippen molar-refractivity contribution < 1.29 is 14.7 Å². The number of nitrogens with one attached hydrogen (secondary N) is 1. The van der Waals surface area contributed by atoms with Gasteiger partial charge >= 0.3 is 5.97 Å². The van der Waals surface area contributed by atoms with Gasteiger partial charge in [-0.3, -0.25) is 14.4 Å². The number of carboxylic acids is 1. The first-order valence-corrected chi connectivity index (χ1v) is 8.03. The number of aromatic nitrogens is 1. The number of rotatable bonds is 4. The molecule has 0 spiro atoms. The topological polar surface area (TPSA) is 91.6 Å². The van der Waals surface area contributed by atoms with Crippen molar-refractivity contribution in [2.24, 2.45) is 0 Å². The highest BCUT2D eigenvalue weighted by Gasteiger charge is 2.20. The normalized spacial score (nSPS) is 13.2. The van der Waals surface area contributed by atoms with Crippen molar-refractivity contribution in [2.45, 2.75) is 19.4 Å². The standard InChI is InChI=1S/C18H19N3O4/c1-20-9-3-6-12-5-2-8-14(16(12)20)19-17(24)13-7-4-10-21(18(13)25)11-15(22)23/h2,4-5,7-8,10H,3,6,9,11H2,1H3,(H,19,24)(H,22,23). The summed E-state index contributed by atoms with van der Waals surface area (Å²) in [6.45, 7) is 0.417. The maximum absolute atomic E-state index is 12.6. The summed E-state index contributed by atoms with van der Waals surface area (Å²) in [5, 5.41) is 11.6. The van der Waals surface area contributed by atoms with Gasteiger partial charge in [-0.2, -0.15) is 0 Å². The third kappa shape index (κ3) is 3.40. The Bertz CT molecular complexity index is 888. The van der Waals surface area contributed by atoms with E-state index in [1.165, 1.54) is 18.3 Å². The van der Waals surface area contributed by atoms with Crippen molar-refractivity contribution >= 4 is 23.3 Å². The van der Waals surface area contributed by atoms with Crippen molar-refractivity contribution in [3.05, 3.63) is 58.0 Å². The third-order valence-electron chi connectivity index (χ3n) is 4.26. The molecule has 0 atom stereocenters. The Morgan fingerprint density at radius 2 is 2.04 bits per heavy atom. The first-order chi connectivity index (χ1) is 12.0. The van der Waals surface area contributed by atoms with Crippen LogP contribution in [0.1, 0.15) is 22.3 Å². The lowest BCUT2D eigenvalue weighted by molar-refractivity contribution is -0.137. The maximum atomic E-state index is 12.6. The van der Waals surface area contributed by atoms with Crippen LogP contribution in [-0.2, 0) is 17.8 Å². The molecular formula is C18H19N3O4. The molecule has 3 rings (SSSR count). The van der Waals surface area contributed by atoms with Crippen molar-refractivity contribution in [2.75, 3.05) is 23.8 Å². The molecule has 25 heavy (non-hydrogen) atoms. The average Bonchev–Trinajstić information content (AvgIpc) is 2.56. The van der Waals surface area contributed by atoms with Crippen LogP contribution in [0, 0.1) is 0 Å². The van der Waals surface area contributed by atoms with Crippen molar-refractivity contribution in [3.8, 4) is 0 Å². The molecule has 1 aromatic heterocycles. The number of fused-ring (bicyclic) bond motifs is 1. The Balaban J connectivity index is 1.92. The average molecular weight is 341 g/mol. The van der Waals surface area contributed by atoms with Crippen molar-refractivity contribution in [1.82, 2.24) is 4.57 Å². The number of aryl methyl sites for hydroxylation is 1. The first kappa shape index (κ1) is 16.8. The summed E-state index contributed by atoms with van der Waals surface area (Å²) in [5.41, 5.74) is 2.06. The molecule has 2 heterocycles. The lowest BCUT2D eigenvalue weighted by Gasteiger charge is -2.29. The quantitative estimate of drug-likeness (QED) is 0.881. The number of hydrogen-bond donors (Lipinski definition) is 2. The molecule has 2 N–H and O–H groups in total. The summed E-state index contributed by atoms with van der Waals surface area (Å²) in [7, 11) is 1.97. The molecule has 1 aliphatic heterocycles. The van der Waals surface area contributed by atoms with Crippen molar-refractivity contribution in [1.29, 1.82) is 0 Å². The predicted octanol–water partition coefficient (Wildman–Crippen LogP) is 1.57. The van der Waals surface area contributed by atoms with Gasteiger partial charge in [0.25, 0.3) is 11.5 Å². The highest BCUT2D eigenvalue weighted by Crippen LogP contribution is 2.33. The zero-order valence-electron chi connectivity index (χ0n) is 13.9. The molecule has 7 nitrogen and oxygen atoms in total. The first-order valence-electron chi connectivity index (χ1n) is 8.03. The van der Waals surface area contributed by atoms with Gasteiger partial charge in [-0.05, 0) is 36.6 Å². The number of benzene rings is 1. The molecule has 1 aromatic carbocycles. The van der Waals surface area contributed by atoms with E-state index in [0.29, 0.717) is 5.69 Å². The van der Waals surface area contributed by atoms with Crippen LogP contribution < -0.4 is 15.8 Å². The molecule has 1 aliphatic rings. The summed E-state index contributed by atoms with van der Waals surface area (Å²) in [4.78, 5) is 37.8. The number of anilines is 2. The molecule has 0 unspecified atom stereocenters. The van der Waals surface area contributed by atoms with Gasteiger partial charge in [0, 0.05) is 19.8 Å². The van der Waals surface area contributed by atoms with E-state index in [4.69, 9.17) is 5.11 Å².